The number of Topliss-reactive ketones (excluding diaryl/α,β-unsaturated/α-hetero) is 1. The van der Waals surface area contributed by atoms with Gasteiger partial charge in [0.15, 0.2) is 5.78 Å². The van der Waals surface area contributed by atoms with E-state index in [2.05, 4.69) is 4.85 Å². The van der Waals surface area contributed by atoms with E-state index in [1.54, 1.807) is 0 Å². The third kappa shape index (κ3) is 3.42. The minimum absolute atomic E-state index is 0. The van der Waals surface area contributed by atoms with Gasteiger partial charge in [-0.25, -0.2) is 4.85 Å². The Bertz CT molecular complexity index is 543. The van der Waals surface area contributed by atoms with E-state index in [9.17, 15) is 20.0 Å². The minimum Gasteiger partial charge on any atom is -0.518 e. The molecule has 0 amide bonds. The fraction of sp³-hybridized carbons (Fsp3) is 0.0909. The van der Waals surface area contributed by atoms with Gasteiger partial charge in [0.25, 0.3) is 11.4 Å². The molecule has 18 heavy (non-hydrogen) atoms. The van der Waals surface area contributed by atoms with Gasteiger partial charge in [-0.15, -0.1) is 0 Å². The molecule has 6 nitrogen and oxygen atoms in total. The fourth-order valence-corrected chi connectivity index (χ4v) is 1.18. The molecular weight excluding hydrogens is 288 g/mol. The van der Waals surface area contributed by atoms with Crippen LogP contribution in [0.2, 0.25) is 0 Å². The van der Waals surface area contributed by atoms with Crippen LogP contribution in [0.1, 0.15) is 12.5 Å². The van der Waals surface area contributed by atoms with Crippen molar-refractivity contribution in [2.24, 2.45) is 0 Å². The SMILES string of the molecule is [C-]#[N+]/C(C(C)=O)=C(/O)c1ccc([N+](=O)[O-])cc1.[Cu]. The number of nitro groups is 1. The van der Waals surface area contributed by atoms with E-state index in [0.717, 1.165) is 6.92 Å². The van der Waals surface area contributed by atoms with E-state index in [1.165, 1.54) is 24.3 Å². The number of hydrogen-bond acceptors (Lipinski definition) is 4. The average Bonchev–Trinajstić information content (AvgIpc) is 2.29. The zero-order valence-electron chi connectivity index (χ0n) is 9.18. The molecule has 0 spiro atoms. The number of carbonyl (C=O) groups excluding carboxylic acids is 1. The first-order chi connectivity index (χ1) is 7.97. The predicted molar refractivity (Wildman–Crippen MR) is 59.9 cm³/mol. The third-order valence-electron chi connectivity index (χ3n) is 2.02. The smallest absolute Gasteiger partial charge is 0.270 e. The van der Waals surface area contributed by atoms with Gasteiger partial charge in [0.2, 0.25) is 0 Å². The normalized spacial score (nSPS) is 10.7. The summed E-state index contributed by atoms with van der Waals surface area (Å²) >= 11 is 0. The molecule has 0 aliphatic carbocycles. The van der Waals surface area contributed by atoms with Gasteiger partial charge in [-0.05, 0) is 19.1 Å². The number of aliphatic hydroxyl groups excluding tert-OH is 1. The maximum atomic E-state index is 11.0. The van der Waals surface area contributed by atoms with Crippen LogP contribution >= 0.6 is 0 Å². The molecule has 97 valence electrons. The molecule has 1 aromatic carbocycles. The van der Waals surface area contributed by atoms with Crippen molar-refractivity contribution in [3.8, 4) is 0 Å². The number of allylic oxidation sites excluding steroid dienone is 1. The van der Waals surface area contributed by atoms with Crippen LogP contribution in [0.15, 0.2) is 30.0 Å². The monoisotopic (exact) mass is 295 g/mol. The van der Waals surface area contributed by atoms with Crippen molar-refractivity contribution in [3.05, 3.63) is 57.1 Å². The Balaban J connectivity index is 0.00000289. The standard InChI is InChI=1S/C11H8N2O4.Cu/c1-7(14)10(12-2)11(15)8-3-5-9(6-4-8)13(16)17;/h3-6,15H,1H3;/b11-10+;. The second kappa shape index (κ2) is 6.54. The third-order valence-corrected chi connectivity index (χ3v) is 2.02. The summed E-state index contributed by atoms with van der Waals surface area (Å²) in [6, 6.07) is 4.93. The van der Waals surface area contributed by atoms with Crippen molar-refractivity contribution in [2.45, 2.75) is 6.92 Å². The van der Waals surface area contributed by atoms with Gasteiger partial charge >= 0.3 is 0 Å². The molecule has 0 aliphatic heterocycles. The number of rotatable bonds is 3. The predicted octanol–water partition coefficient (Wildman–Crippen LogP) is 2.33. The Morgan fingerprint density at radius 2 is 1.89 bits per heavy atom. The molecule has 1 aromatic rings. The van der Waals surface area contributed by atoms with E-state index in [4.69, 9.17) is 6.57 Å². The second-order valence-corrected chi connectivity index (χ2v) is 3.17. The largest absolute Gasteiger partial charge is 0.518 e. The summed E-state index contributed by atoms with van der Waals surface area (Å²) in [7, 11) is 0. The van der Waals surface area contributed by atoms with Gasteiger partial charge in [0, 0.05) is 34.8 Å². The van der Waals surface area contributed by atoms with Crippen LogP contribution in [0.4, 0.5) is 5.69 Å². The van der Waals surface area contributed by atoms with Gasteiger partial charge in [0.05, 0.1) is 11.5 Å². The first-order valence-electron chi connectivity index (χ1n) is 4.54. The molecule has 0 fully saturated rings. The number of ketones is 1. The number of benzene rings is 1. The topological polar surface area (TPSA) is 84.8 Å². The molecule has 1 N–H and O–H groups in total. The molecule has 7 heteroatoms. The molecule has 0 saturated carbocycles. The van der Waals surface area contributed by atoms with Gasteiger partial charge < -0.3 is 9.90 Å². The quantitative estimate of drug-likeness (QED) is 0.232. The van der Waals surface area contributed by atoms with Crippen molar-refractivity contribution in [1.82, 2.24) is 0 Å². The van der Waals surface area contributed by atoms with Crippen LogP contribution in [0.3, 0.4) is 0 Å². The Labute approximate surface area is 113 Å². The Morgan fingerprint density at radius 3 is 2.22 bits per heavy atom. The molecule has 0 unspecified atom stereocenters. The second-order valence-electron chi connectivity index (χ2n) is 3.17. The zero-order valence-corrected chi connectivity index (χ0v) is 10.1. The summed E-state index contributed by atoms with van der Waals surface area (Å²) in [6.45, 7) is 7.92. The average molecular weight is 296 g/mol. The first-order valence-corrected chi connectivity index (χ1v) is 4.54. The molecular formula is C11H8CuN2O4. The van der Waals surface area contributed by atoms with E-state index < -0.39 is 16.5 Å². The summed E-state index contributed by atoms with van der Waals surface area (Å²) in [5, 5.41) is 20.1. The molecule has 1 rings (SSSR count). The molecule has 0 aromatic heterocycles. The fourth-order valence-electron chi connectivity index (χ4n) is 1.18. The minimum atomic E-state index is -0.578. The van der Waals surface area contributed by atoms with Crippen molar-refractivity contribution < 1.29 is 31.9 Å². The first kappa shape index (κ1) is 15.8. The van der Waals surface area contributed by atoms with Gasteiger partial charge in [0.1, 0.15) is 5.76 Å². The van der Waals surface area contributed by atoms with Crippen LogP contribution in [0, 0.1) is 16.7 Å². The molecule has 1 radical (unpaired) electrons. The number of nitro benzene ring substituents is 1. The van der Waals surface area contributed by atoms with Crippen molar-refractivity contribution >= 4 is 17.2 Å². The summed E-state index contributed by atoms with van der Waals surface area (Å²) in [6.07, 6.45) is 0. The number of non-ortho nitro benzene ring substituents is 1. The number of hydrogen-bond donors (Lipinski definition) is 1. The van der Waals surface area contributed by atoms with Gasteiger partial charge in [-0.3, -0.25) is 10.1 Å². The molecule has 0 heterocycles. The summed E-state index contributed by atoms with van der Waals surface area (Å²) in [5.74, 6) is -1.03. The van der Waals surface area contributed by atoms with E-state index in [-0.39, 0.29) is 34.0 Å². The van der Waals surface area contributed by atoms with Crippen LogP contribution in [0.5, 0.6) is 0 Å². The van der Waals surface area contributed by atoms with Crippen LogP contribution in [0.25, 0.3) is 10.6 Å². The summed E-state index contributed by atoms with van der Waals surface area (Å²) < 4.78 is 0. The Hall–Kier alpha value is -2.16. The van der Waals surface area contributed by atoms with Crippen molar-refractivity contribution in [3.63, 3.8) is 0 Å². The maximum Gasteiger partial charge on any atom is 0.270 e. The number of carbonyl (C=O) groups is 1. The maximum absolute atomic E-state index is 11.0. The van der Waals surface area contributed by atoms with Crippen LogP contribution in [-0.4, -0.2) is 15.8 Å². The van der Waals surface area contributed by atoms with Crippen molar-refractivity contribution in [2.75, 3.05) is 0 Å². The summed E-state index contributed by atoms with van der Waals surface area (Å²) in [4.78, 5) is 23.8. The van der Waals surface area contributed by atoms with Gasteiger partial charge in [-0.1, -0.05) is 0 Å². The van der Waals surface area contributed by atoms with E-state index in [1.807, 2.05) is 0 Å². The van der Waals surface area contributed by atoms with Gasteiger partial charge in [-0.2, -0.15) is 0 Å². The molecule has 0 aliphatic rings. The Morgan fingerprint density at radius 1 is 1.39 bits per heavy atom. The van der Waals surface area contributed by atoms with Crippen LogP contribution in [-0.2, 0) is 21.9 Å². The molecule has 0 atom stereocenters. The zero-order chi connectivity index (χ0) is 13.0. The molecule has 0 saturated heterocycles. The van der Waals surface area contributed by atoms with E-state index >= 15 is 0 Å². The number of nitrogens with zero attached hydrogens (tertiary/aromatic N) is 2. The Kier molecular flexibility index (Phi) is 5.76. The van der Waals surface area contributed by atoms with Crippen LogP contribution < -0.4 is 0 Å². The van der Waals surface area contributed by atoms with E-state index in [0.29, 0.717) is 0 Å². The summed E-state index contributed by atoms with van der Waals surface area (Å²) in [5.41, 5.74) is -0.329. The molecule has 0 bridgehead atoms. The van der Waals surface area contributed by atoms with Crippen molar-refractivity contribution in [1.29, 1.82) is 0 Å². The number of aliphatic hydroxyl groups is 1.